The lowest BCUT2D eigenvalue weighted by atomic mass is 10.2. The monoisotopic (exact) mass is 315 g/mol. The quantitative estimate of drug-likeness (QED) is 0.907. The Balaban J connectivity index is 2.17. The number of nitrogens with one attached hydrogen (secondary N) is 1. The zero-order chi connectivity index (χ0) is 15.6. The van der Waals surface area contributed by atoms with Gasteiger partial charge in [0.05, 0.1) is 10.4 Å². The van der Waals surface area contributed by atoms with Gasteiger partial charge in [0, 0.05) is 5.69 Å². The number of benzene rings is 1. The van der Waals surface area contributed by atoms with Gasteiger partial charge in [-0.3, -0.25) is 4.79 Å². The van der Waals surface area contributed by atoms with E-state index in [2.05, 4.69) is 5.32 Å². The molecule has 0 atom stereocenters. The lowest BCUT2D eigenvalue weighted by molar-refractivity contribution is -0.137. The maximum Gasteiger partial charge on any atom is 0.416 e. The van der Waals surface area contributed by atoms with Gasteiger partial charge in [0.1, 0.15) is 4.88 Å². The first kappa shape index (κ1) is 15.0. The molecule has 0 saturated carbocycles. The zero-order valence-electron chi connectivity index (χ0n) is 10.3. The molecule has 2 aromatic rings. The smallest absolute Gasteiger partial charge is 0.416 e. The number of amides is 1. The average molecular weight is 315 g/mol. The molecule has 1 aromatic carbocycles. The molecule has 0 aliphatic heterocycles. The van der Waals surface area contributed by atoms with E-state index >= 15 is 0 Å². The Labute approximate surface area is 120 Å². The molecule has 0 radical (unpaired) electrons. The van der Waals surface area contributed by atoms with Gasteiger partial charge in [0.2, 0.25) is 0 Å². The van der Waals surface area contributed by atoms with Gasteiger partial charge in [-0.15, -0.1) is 11.3 Å². The SMILES string of the molecule is O=C(O)c1ccc(C(=O)Nc2cccc(C(F)(F)F)c2)s1. The van der Waals surface area contributed by atoms with E-state index in [1.54, 1.807) is 0 Å². The van der Waals surface area contributed by atoms with E-state index in [1.165, 1.54) is 24.3 Å². The Bertz CT molecular complexity index is 694. The Hall–Kier alpha value is -2.35. The number of anilines is 1. The fraction of sp³-hybridized carbons (Fsp3) is 0.0769. The molecule has 110 valence electrons. The van der Waals surface area contributed by atoms with Crippen molar-refractivity contribution >= 4 is 28.9 Å². The van der Waals surface area contributed by atoms with Crippen molar-refractivity contribution in [2.24, 2.45) is 0 Å². The minimum absolute atomic E-state index is 0.0138. The molecule has 2 N–H and O–H groups in total. The third-order valence-corrected chi connectivity index (χ3v) is 3.56. The van der Waals surface area contributed by atoms with Gasteiger partial charge in [-0.2, -0.15) is 13.2 Å². The van der Waals surface area contributed by atoms with E-state index in [0.717, 1.165) is 23.5 Å². The van der Waals surface area contributed by atoms with Crippen molar-refractivity contribution in [3.05, 3.63) is 51.7 Å². The number of rotatable bonds is 3. The van der Waals surface area contributed by atoms with E-state index < -0.39 is 23.6 Å². The highest BCUT2D eigenvalue weighted by molar-refractivity contribution is 7.15. The second-order valence-corrected chi connectivity index (χ2v) is 5.09. The normalized spacial score (nSPS) is 11.2. The predicted octanol–water partition coefficient (Wildman–Crippen LogP) is 3.72. The number of carbonyl (C=O) groups excluding carboxylic acids is 1. The number of halogens is 3. The van der Waals surface area contributed by atoms with E-state index in [-0.39, 0.29) is 15.4 Å². The predicted molar refractivity (Wildman–Crippen MR) is 70.7 cm³/mol. The lowest BCUT2D eigenvalue weighted by Crippen LogP contribution is -2.11. The van der Waals surface area contributed by atoms with Crippen LogP contribution in [0.3, 0.4) is 0 Å². The van der Waals surface area contributed by atoms with Crippen LogP contribution in [0.1, 0.15) is 24.9 Å². The largest absolute Gasteiger partial charge is 0.477 e. The standard InChI is InChI=1S/C13H8F3NO3S/c14-13(15,16)7-2-1-3-8(6-7)17-11(18)9-4-5-10(21-9)12(19)20/h1-6H,(H,17,18)(H,19,20). The van der Waals surface area contributed by atoms with Crippen LogP contribution >= 0.6 is 11.3 Å². The molecule has 8 heteroatoms. The molecule has 4 nitrogen and oxygen atoms in total. The fourth-order valence-corrected chi connectivity index (χ4v) is 2.28. The van der Waals surface area contributed by atoms with Crippen LogP contribution in [0.2, 0.25) is 0 Å². The van der Waals surface area contributed by atoms with Gasteiger partial charge in [-0.05, 0) is 30.3 Å². The van der Waals surface area contributed by atoms with Crippen molar-refractivity contribution in [1.82, 2.24) is 0 Å². The summed E-state index contributed by atoms with van der Waals surface area (Å²) in [6.45, 7) is 0. The highest BCUT2D eigenvalue weighted by atomic mass is 32.1. The van der Waals surface area contributed by atoms with Crippen LogP contribution in [0.4, 0.5) is 18.9 Å². The number of hydrogen-bond acceptors (Lipinski definition) is 3. The van der Waals surface area contributed by atoms with Gasteiger partial charge < -0.3 is 10.4 Å². The Kier molecular flexibility index (Phi) is 3.99. The molecule has 2 rings (SSSR count). The summed E-state index contributed by atoms with van der Waals surface area (Å²) < 4.78 is 37.6. The second kappa shape index (κ2) is 5.57. The van der Waals surface area contributed by atoms with Gasteiger partial charge in [0.25, 0.3) is 5.91 Å². The first-order chi connectivity index (χ1) is 9.77. The van der Waals surface area contributed by atoms with E-state index in [9.17, 15) is 22.8 Å². The maximum absolute atomic E-state index is 12.5. The van der Waals surface area contributed by atoms with Crippen LogP contribution in [0, 0.1) is 0 Å². The summed E-state index contributed by atoms with van der Waals surface area (Å²) in [6.07, 6.45) is -4.50. The third-order valence-electron chi connectivity index (χ3n) is 2.49. The second-order valence-electron chi connectivity index (χ2n) is 4.00. The summed E-state index contributed by atoms with van der Waals surface area (Å²) in [5.41, 5.74) is -0.891. The molecule has 1 aromatic heterocycles. The maximum atomic E-state index is 12.5. The molecule has 0 aliphatic rings. The van der Waals surface area contributed by atoms with E-state index in [1.807, 2.05) is 0 Å². The highest BCUT2D eigenvalue weighted by Crippen LogP contribution is 2.30. The molecular weight excluding hydrogens is 307 g/mol. The molecule has 0 fully saturated rings. The van der Waals surface area contributed by atoms with Crippen molar-refractivity contribution in [2.45, 2.75) is 6.18 Å². The van der Waals surface area contributed by atoms with Crippen molar-refractivity contribution in [1.29, 1.82) is 0 Å². The van der Waals surface area contributed by atoms with Crippen molar-refractivity contribution in [3.63, 3.8) is 0 Å². The average Bonchev–Trinajstić information content (AvgIpc) is 2.88. The third kappa shape index (κ3) is 3.60. The summed E-state index contributed by atoms with van der Waals surface area (Å²) in [5, 5.41) is 11.1. The lowest BCUT2D eigenvalue weighted by Gasteiger charge is -2.09. The van der Waals surface area contributed by atoms with Crippen LogP contribution in [-0.2, 0) is 6.18 Å². The summed E-state index contributed by atoms with van der Waals surface area (Å²) in [7, 11) is 0. The highest BCUT2D eigenvalue weighted by Gasteiger charge is 2.30. The van der Waals surface area contributed by atoms with Crippen LogP contribution in [0.5, 0.6) is 0 Å². The minimum atomic E-state index is -4.50. The van der Waals surface area contributed by atoms with Crippen molar-refractivity contribution in [2.75, 3.05) is 5.32 Å². The number of hydrogen-bond donors (Lipinski definition) is 2. The number of aromatic carboxylic acids is 1. The molecular formula is C13H8F3NO3S. The summed E-state index contributed by atoms with van der Waals surface area (Å²) in [5.74, 6) is -1.83. The topological polar surface area (TPSA) is 66.4 Å². The van der Waals surface area contributed by atoms with Crippen molar-refractivity contribution < 1.29 is 27.9 Å². The molecule has 21 heavy (non-hydrogen) atoms. The molecule has 0 aliphatic carbocycles. The van der Waals surface area contributed by atoms with Crippen LogP contribution in [0.25, 0.3) is 0 Å². The molecule has 0 bridgehead atoms. The molecule has 0 spiro atoms. The van der Waals surface area contributed by atoms with E-state index in [0.29, 0.717) is 0 Å². The van der Waals surface area contributed by atoms with E-state index in [4.69, 9.17) is 5.11 Å². The first-order valence-corrected chi connectivity index (χ1v) is 6.41. The first-order valence-electron chi connectivity index (χ1n) is 5.59. The zero-order valence-corrected chi connectivity index (χ0v) is 11.1. The molecule has 1 amide bonds. The van der Waals surface area contributed by atoms with Gasteiger partial charge >= 0.3 is 12.1 Å². The summed E-state index contributed by atoms with van der Waals surface area (Å²) in [6, 6.07) is 6.76. The van der Waals surface area contributed by atoms with Crippen LogP contribution < -0.4 is 5.32 Å². The Morgan fingerprint density at radius 3 is 2.33 bits per heavy atom. The number of carbonyl (C=O) groups is 2. The number of alkyl halides is 3. The van der Waals surface area contributed by atoms with Crippen molar-refractivity contribution in [3.8, 4) is 0 Å². The Morgan fingerprint density at radius 2 is 1.76 bits per heavy atom. The number of carboxylic acids is 1. The molecule has 1 heterocycles. The van der Waals surface area contributed by atoms with Crippen LogP contribution in [-0.4, -0.2) is 17.0 Å². The van der Waals surface area contributed by atoms with Gasteiger partial charge in [-0.1, -0.05) is 6.07 Å². The molecule has 0 unspecified atom stereocenters. The molecule has 0 saturated heterocycles. The van der Waals surface area contributed by atoms with Gasteiger partial charge in [0.15, 0.2) is 0 Å². The number of thiophene rings is 1. The minimum Gasteiger partial charge on any atom is -0.477 e. The van der Waals surface area contributed by atoms with Crippen LogP contribution in [0.15, 0.2) is 36.4 Å². The van der Waals surface area contributed by atoms with Gasteiger partial charge in [-0.25, -0.2) is 4.79 Å². The Morgan fingerprint density at radius 1 is 1.10 bits per heavy atom. The summed E-state index contributed by atoms with van der Waals surface area (Å²) in [4.78, 5) is 22.6. The number of carboxylic acid groups (broad SMARTS) is 1. The fourth-order valence-electron chi connectivity index (χ4n) is 1.54. The summed E-state index contributed by atoms with van der Waals surface area (Å²) >= 11 is 0.744.